The Bertz CT molecular complexity index is 1140. The Labute approximate surface area is 180 Å². The molecule has 3 aromatic carbocycles. The quantitative estimate of drug-likeness (QED) is 0.636. The number of benzene rings is 3. The lowest BCUT2D eigenvalue weighted by atomic mass is 10.1. The van der Waals surface area contributed by atoms with E-state index in [1.807, 2.05) is 59.5 Å². The lowest BCUT2D eigenvalue weighted by Crippen LogP contribution is -2.40. The molecule has 0 saturated carbocycles. The lowest BCUT2D eigenvalue weighted by Gasteiger charge is -2.31. The first kappa shape index (κ1) is 18.9. The number of hydrogen-bond acceptors (Lipinski definition) is 5. The minimum absolute atomic E-state index is 0.0213. The zero-order valence-corrected chi connectivity index (χ0v) is 17.4. The van der Waals surface area contributed by atoms with Crippen LogP contribution in [0, 0.1) is 0 Å². The molecule has 2 N–H and O–H groups in total. The molecule has 6 heteroatoms. The molecule has 2 aliphatic heterocycles. The number of carbonyl (C=O) groups excluding carboxylic acids is 1. The van der Waals surface area contributed by atoms with Crippen molar-refractivity contribution in [2.24, 2.45) is 0 Å². The first-order valence-corrected chi connectivity index (χ1v) is 11.0. The second kappa shape index (κ2) is 7.95. The molecule has 0 saturated heterocycles. The lowest BCUT2D eigenvalue weighted by molar-refractivity contribution is -0.133. The Morgan fingerprint density at radius 2 is 1.83 bits per heavy atom. The monoisotopic (exact) mass is 417 g/mol. The van der Waals surface area contributed by atoms with Crippen molar-refractivity contribution in [3.8, 4) is 5.75 Å². The molecule has 0 atom stereocenters. The zero-order valence-electron chi connectivity index (χ0n) is 16.6. The van der Waals surface area contributed by atoms with E-state index in [1.165, 1.54) is 10.6 Å². The molecule has 3 aromatic rings. The Hall–Kier alpha value is -3.12. The van der Waals surface area contributed by atoms with Gasteiger partial charge in [0.05, 0.1) is 23.8 Å². The zero-order chi connectivity index (χ0) is 20.5. The van der Waals surface area contributed by atoms with Gasteiger partial charge < -0.3 is 20.3 Å². The Morgan fingerprint density at radius 3 is 2.70 bits per heavy atom. The fraction of sp³-hybridized carbons (Fsp3) is 0.208. The van der Waals surface area contributed by atoms with E-state index in [4.69, 9.17) is 10.5 Å². The average Bonchev–Trinajstić information content (AvgIpc) is 3.20. The van der Waals surface area contributed by atoms with Gasteiger partial charge in [-0.1, -0.05) is 42.5 Å². The molecular weight excluding hydrogens is 394 g/mol. The first-order valence-electron chi connectivity index (χ1n) is 10.1. The highest BCUT2D eigenvalue weighted by atomic mass is 32.2. The van der Waals surface area contributed by atoms with Gasteiger partial charge in [-0.15, -0.1) is 11.8 Å². The highest BCUT2D eigenvalue weighted by Crippen LogP contribution is 2.41. The third kappa shape index (κ3) is 3.59. The SMILES string of the molecule is Nc1ccccc1N1CSC2=C1CCN(C(=O)COc1ccc3ccccc3c1)C2. The van der Waals surface area contributed by atoms with E-state index in [-0.39, 0.29) is 12.5 Å². The summed E-state index contributed by atoms with van der Waals surface area (Å²) in [6.07, 6.45) is 0.832. The van der Waals surface area contributed by atoms with Crippen molar-refractivity contribution in [1.82, 2.24) is 4.90 Å². The summed E-state index contributed by atoms with van der Waals surface area (Å²) in [5, 5.41) is 2.27. The number of carbonyl (C=O) groups is 1. The van der Waals surface area contributed by atoms with E-state index >= 15 is 0 Å². The van der Waals surface area contributed by atoms with Gasteiger partial charge in [0.25, 0.3) is 5.91 Å². The number of fused-ring (bicyclic) bond motifs is 1. The average molecular weight is 418 g/mol. The number of nitrogens with two attached hydrogens (primary N) is 1. The number of amides is 1. The maximum Gasteiger partial charge on any atom is 0.260 e. The topological polar surface area (TPSA) is 58.8 Å². The smallest absolute Gasteiger partial charge is 0.260 e. The van der Waals surface area contributed by atoms with Gasteiger partial charge in [-0.25, -0.2) is 0 Å². The third-order valence-corrected chi connectivity index (χ3v) is 6.73. The number of ether oxygens (including phenoxy) is 1. The summed E-state index contributed by atoms with van der Waals surface area (Å²) in [5.74, 6) is 1.59. The molecule has 2 heterocycles. The van der Waals surface area contributed by atoms with Crippen LogP contribution in [-0.4, -0.2) is 36.4 Å². The molecular formula is C24H23N3O2S. The second-order valence-electron chi connectivity index (χ2n) is 7.49. The summed E-state index contributed by atoms with van der Waals surface area (Å²) in [7, 11) is 0. The van der Waals surface area contributed by atoms with Gasteiger partial charge in [0.15, 0.2) is 6.61 Å². The van der Waals surface area contributed by atoms with Gasteiger partial charge in [0.2, 0.25) is 0 Å². The third-order valence-electron chi connectivity index (χ3n) is 5.63. The normalized spacial score (nSPS) is 16.1. The molecule has 0 radical (unpaired) electrons. The van der Waals surface area contributed by atoms with Gasteiger partial charge in [0, 0.05) is 23.6 Å². The molecule has 1 amide bonds. The van der Waals surface area contributed by atoms with Crippen LogP contribution in [0.5, 0.6) is 5.75 Å². The van der Waals surface area contributed by atoms with Crippen LogP contribution in [0.1, 0.15) is 6.42 Å². The van der Waals surface area contributed by atoms with Gasteiger partial charge in [0.1, 0.15) is 5.75 Å². The van der Waals surface area contributed by atoms with Crippen molar-refractivity contribution in [2.75, 3.05) is 36.2 Å². The molecule has 0 bridgehead atoms. The van der Waals surface area contributed by atoms with Gasteiger partial charge in [-0.2, -0.15) is 0 Å². The number of thioether (sulfide) groups is 1. The van der Waals surface area contributed by atoms with Crippen LogP contribution in [0.2, 0.25) is 0 Å². The summed E-state index contributed by atoms with van der Waals surface area (Å²) in [4.78, 5) is 18.2. The molecule has 0 unspecified atom stereocenters. The largest absolute Gasteiger partial charge is 0.484 e. The Morgan fingerprint density at radius 1 is 1.03 bits per heavy atom. The molecule has 30 heavy (non-hydrogen) atoms. The van der Waals surface area contributed by atoms with Crippen LogP contribution in [0.3, 0.4) is 0 Å². The van der Waals surface area contributed by atoms with Crippen LogP contribution in [0.4, 0.5) is 11.4 Å². The molecule has 5 rings (SSSR count). The van der Waals surface area contributed by atoms with Crippen molar-refractivity contribution >= 4 is 39.8 Å². The molecule has 5 nitrogen and oxygen atoms in total. The maximum atomic E-state index is 12.8. The summed E-state index contributed by atoms with van der Waals surface area (Å²) in [6, 6.07) is 22.0. The number of para-hydroxylation sites is 2. The number of nitrogens with zero attached hydrogens (tertiary/aromatic N) is 2. The van der Waals surface area contributed by atoms with E-state index in [2.05, 4.69) is 17.0 Å². The van der Waals surface area contributed by atoms with E-state index in [1.54, 1.807) is 11.8 Å². The highest BCUT2D eigenvalue weighted by Gasteiger charge is 2.31. The van der Waals surface area contributed by atoms with Crippen LogP contribution in [0.25, 0.3) is 10.8 Å². The first-order chi connectivity index (χ1) is 14.7. The highest BCUT2D eigenvalue weighted by molar-refractivity contribution is 8.03. The summed E-state index contributed by atoms with van der Waals surface area (Å²) < 4.78 is 5.81. The summed E-state index contributed by atoms with van der Waals surface area (Å²) in [5.41, 5.74) is 9.30. The standard InChI is InChI=1S/C24H23N3O2S/c25-20-7-3-4-8-21(20)27-16-30-23-14-26(12-11-22(23)27)24(28)15-29-19-10-9-17-5-1-2-6-18(17)13-19/h1-10,13H,11-12,14-16,25H2. The van der Waals surface area contributed by atoms with Crippen molar-refractivity contribution in [1.29, 1.82) is 0 Å². The van der Waals surface area contributed by atoms with E-state index in [0.717, 1.165) is 40.2 Å². The van der Waals surface area contributed by atoms with Crippen molar-refractivity contribution in [3.05, 3.63) is 77.3 Å². The van der Waals surface area contributed by atoms with Crippen LogP contribution in [0.15, 0.2) is 77.3 Å². The molecule has 0 fully saturated rings. The Kier molecular flexibility index (Phi) is 5.01. The second-order valence-corrected chi connectivity index (χ2v) is 8.53. The number of anilines is 2. The van der Waals surface area contributed by atoms with Crippen LogP contribution in [-0.2, 0) is 4.79 Å². The van der Waals surface area contributed by atoms with Crippen molar-refractivity contribution in [2.45, 2.75) is 6.42 Å². The predicted molar refractivity (Wildman–Crippen MR) is 123 cm³/mol. The minimum Gasteiger partial charge on any atom is -0.484 e. The van der Waals surface area contributed by atoms with Gasteiger partial charge in [-0.05, 0) is 35.0 Å². The summed E-state index contributed by atoms with van der Waals surface area (Å²) in [6.45, 7) is 1.40. The molecule has 0 aliphatic carbocycles. The molecule has 0 aromatic heterocycles. The van der Waals surface area contributed by atoms with E-state index in [0.29, 0.717) is 13.1 Å². The fourth-order valence-electron chi connectivity index (χ4n) is 4.01. The van der Waals surface area contributed by atoms with Gasteiger partial charge in [-0.3, -0.25) is 4.79 Å². The Balaban J connectivity index is 1.24. The van der Waals surface area contributed by atoms with Crippen LogP contribution >= 0.6 is 11.8 Å². The predicted octanol–water partition coefficient (Wildman–Crippen LogP) is 4.46. The summed E-state index contributed by atoms with van der Waals surface area (Å²) >= 11 is 1.79. The van der Waals surface area contributed by atoms with E-state index < -0.39 is 0 Å². The number of rotatable bonds is 4. The molecule has 0 spiro atoms. The minimum atomic E-state index is 0.0213. The van der Waals surface area contributed by atoms with Crippen molar-refractivity contribution in [3.63, 3.8) is 0 Å². The van der Waals surface area contributed by atoms with Crippen LogP contribution < -0.4 is 15.4 Å². The number of nitrogen functional groups attached to an aromatic ring is 1. The van der Waals surface area contributed by atoms with E-state index in [9.17, 15) is 4.79 Å². The number of hydrogen-bond donors (Lipinski definition) is 1. The molecule has 152 valence electrons. The van der Waals surface area contributed by atoms with Gasteiger partial charge >= 0.3 is 0 Å². The maximum absolute atomic E-state index is 12.8. The van der Waals surface area contributed by atoms with Crippen molar-refractivity contribution < 1.29 is 9.53 Å². The fourth-order valence-corrected chi connectivity index (χ4v) is 5.22. The molecule has 2 aliphatic rings.